The summed E-state index contributed by atoms with van der Waals surface area (Å²) < 4.78 is 17.2. The summed E-state index contributed by atoms with van der Waals surface area (Å²) in [5.41, 5.74) is 4.12. The summed E-state index contributed by atoms with van der Waals surface area (Å²) >= 11 is 2.28. The third-order valence-corrected chi connectivity index (χ3v) is 4.93. The zero-order valence-corrected chi connectivity index (χ0v) is 17.1. The molecule has 0 radical (unpaired) electrons. The fourth-order valence-corrected chi connectivity index (χ4v) is 3.68. The molecule has 0 amide bonds. The molecule has 3 rings (SSSR count). The van der Waals surface area contributed by atoms with Gasteiger partial charge in [-0.3, -0.25) is 4.98 Å². The van der Waals surface area contributed by atoms with Gasteiger partial charge in [-0.25, -0.2) is 0 Å². The zero-order valence-electron chi connectivity index (χ0n) is 15.0. The van der Waals surface area contributed by atoms with Crippen LogP contribution in [0.5, 0.6) is 11.5 Å². The number of hydrogen-bond acceptors (Lipinski definition) is 4. The van der Waals surface area contributed by atoms with Gasteiger partial charge in [0.25, 0.3) is 0 Å². The summed E-state index contributed by atoms with van der Waals surface area (Å²) in [7, 11) is 5.04. The van der Waals surface area contributed by atoms with E-state index >= 15 is 0 Å². The highest BCUT2D eigenvalue weighted by atomic mass is 127. The quantitative estimate of drug-likeness (QED) is 0.375. The fourth-order valence-electron chi connectivity index (χ4n) is 2.87. The van der Waals surface area contributed by atoms with Gasteiger partial charge in [-0.05, 0) is 63.5 Å². The summed E-state index contributed by atoms with van der Waals surface area (Å²) in [6.45, 7) is 0.548. The minimum atomic E-state index is 0.548. The minimum Gasteiger partial charge on any atom is -0.497 e. The highest BCUT2D eigenvalue weighted by Crippen LogP contribution is 2.33. The van der Waals surface area contributed by atoms with Gasteiger partial charge in [0.2, 0.25) is 0 Å². The predicted octanol–water partition coefficient (Wildman–Crippen LogP) is 5.17. The van der Waals surface area contributed by atoms with E-state index in [4.69, 9.17) is 14.2 Å². The predicted molar refractivity (Wildman–Crippen MR) is 114 cm³/mol. The number of nitrogens with zero attached hydrogens (tertiary/aromatic N) is 1. The van der Waals surface area contributed by atoms with Crippen molar-refractivity contribution in [3.05, 3.63) is 62.9 Å². The van der Waals surface area contributed by atoms with E-state index in [9.17, 15) is 0 Å². The van der Waals surface area contributed by atoms with Crippen molar-refractivity contribution in [2.24, 2.45) is 0 Å². The Morgan fingerprint density at radius 3 is 2.54 bits per heavy atom. The van der Waals surface area contributed by atoms with Gasteiger partial charge in [-0.15, -0.1) is 0 Å². The van der Waals surface area contributed by atoms with Gasteiger partial charge >= 0.3 is 0 Å². The van der Waals surface area contributed by atoms with E-state index in [-0.39, 0.29) is 0 Å². The number of benzene rings is 2. The smallest absolute Gasteiger partial charge is 0.158 e. The number of ether oxygens (including phenoxy) is 3. The Morgan fingerprint density at radius 1 is 1.00 bits per heavy atom. The van der Waals surface area contributed by atoms with Crippen LogP contribution in [-0.4, -0.2) is 26.3 Å². The molecular formula is C21H20INO3. The molecule has 0 atom stereocenters. The minimum absolute atomic E-state index is 0.548. The topological polar surface area (TPSA) is 40.6 Å². The number of halogens is 1. The Bertz CT molecular complexity index is 953. The van der Waals surface area contributed by atoms with E-state index in [0.29, 0.717) is 6.61 Å². The lowest BCUT2D eigenvalue weighted by Crippen LogP contribution is -1.94. The van der Waals surface area contributed by atoms with Crippen molar-refractivity contribution in [1.82, 2.24) is 4.98 Å². The molecule has 26 heavy (non-hydrogen) atoms. The molecule has 1 heterocycles. The van der Waals surface area contributed by atoms with Crippen LogP contribution < -0.4 is 9.47 Å². The van der Waals surface area contributed by atoms with Gasteiger partial charge in [0.1, 0.15) is 11.3 Å². The standard InChI is InChI=1S/C21H20INO3/c1-24-13-16-8-9-17(25-2)11-14(16)6-7-15-12-19(22)21(26-3)20-18(15)5-4-10-23-20/h4-12H,13H2,1-3H3/b7-6+. The van der Waals surface area contributed by atoms with Crippen molar-refractivity contribution >= 4 is 45.6 Å². The summed E-state index contributed by atoms with van der Waals surface area (Å²) in [5.74, 6) is 1.63. The third kappa shape index (κ3) is 3.83. The van der Waals surface area contributed by atoms with Gasteiger partial charge in [-0.2, -0.15) is 0 Å². The van der Waals surface area contributed by atoms with E-state index < -0.39 is 0 Å². The maximum atomic E-state index is 5.53. The average molecular weight is 461 g/mol. The molecule has 0 aliphatic heterocycles. The second-order valence-corrected chi connectivity index (χ2v) is 6.87. The summed E-state index contributed by atoms with van der Waals surface area (Å²) in [4.78, 5) is 4.50. The van der Waals surface area contributed by atoms with Gasteiger partial charge < -0.3 is 14.2 Å². The Morgan fingerprint density at radius 2 is 1.81 bits per heavy atom. The monoisotopic (exact) mass is 461 g/mol. The largest absolute Gasteiger partial charge is 0.497 e. The zero-order chi connectivity index (χ0) is 18.5. The molecule has 3 aromatic rings. The summed E-state index contributed by atoms with van der Waals surface area (Å²) in [5, 5.41) is 1.05. The molecule has 0 aliphatic rings. The first-order valence-electron chi connectivity index (χ1n) is 8.13. The first-order chi connectivity index (χ1) is 12.7. The van der Waals surface area contributed by atoms with Crippen LogP contribution in [0.2, 0.25) is 0 Å². The molecule has 2 aromatic carbocycles. The van der Waals surface area contributed by atoms with E-state index in [1.165, 1.54) is 0 Å². The number of aromatic nitrogens is 1. The van der Waals surface area contributed by atoms with E-state index in [1.54, 1.807) is 27.5 Å². The molecule has 1 aromatic heterocycles. The van der Waals surface area contributed by atoms with Crippen molar-refractivity contribution < 1.29 is 14.2 Å². The average Bonchev–Trinajstić information content (AvgIpc) is 2.67. The SMILES string of the molecule is COCc1ccc(OC)cc1/C=C/c1cc(I)c(OC)c2ncccc12. The van der Waals surface area contributed by atoms with E-state index in [0.717, 1.165) is 42.7 Å². The van der Waals surface area contributed by atoms with Crippen molar-refractivity contribution in [2.75, 3.05) is 21.3 Å². The van der Waals surface area contributed by atoms with Crippen molar-refractivity contribution in [1.29, 1.82) is 0 Å². The first kappa shape index (κ1) is 18.7. The maximum Gasteiger partial charge on any atom is 0.158 e. The Balaban J connectivity index is 2.09. The molecular weight excluding hydrogens is 441 g/mol. The lowest BCUT2D eigenvalue weighted by Gasteiger charge is -2.11. The lowest BCUT2D eigenvalue weighted by molar-refractivity contribution is 0.184. The molecule has 4 nitrogen and oxygen atoms in total. The van der Waals surface area contributed by atoms with Crippen LogP contribution in [0, 0.1) is 3.57 Å². The van der Waals surface area contributed by atoms with Gasteiger partial charge in [0.05, 0.1) is 24.4 Å². The van der Waals surface area contributed by atoms with Crippen LogP contribution in [0.3, 0.4) is 0 Å². The molecule has 0 unspecified atom stereocenters. The molecule has 0 aliphatic carbocycles. The molecule has 0 N–H and O–H groups in total. The molecule has 0 saturated heterocycles. The molecule has 0 bridgehead atoms. The third-order valence-electron chi connectivity index (χ3n) is 4.13. The first-order valence-corrected chi connectivity index (χ1v) is 9.21. The Kier molecular flexibility index (Phi) is 6.11. The lowest BCUT2D eigenvalue weighted by atomic mass is 10.0. The molecule has 5 heteroatoms. The summed E-state index contributed by atoms with van der Waals surface area (Å²) in [6, 6.07) is 12.1. The second-order valence-electron chi connectivity index (χ2n) is 5.71. The van der Waals surface area contributed by atoms with Crippen LogP contribution >= 0.6 is 22.6 Å². The maximum absolute atomic E-state index is 5.53. The second kappa shape index (κ2) is 8.51. The number of pyridine rings is 1. The van der Waals surface area contributed by atoms with Crippen molar-refractivity contribution in [3.8, 4) is 11.5 Å². The van der Waals surface area contributed by atoms with Crippen molar-refractivity contribution in [2.45, 2.75) is 6.61 Å². The van der Waals surface area contributed by atoms with Crippen LogP contribution in [0.1, 0.15) is 16.7 Å². The van der Waals surface area contributed by atoms with Gasteiger partial charge in [0, 0.05) is 18.7 Å². The van der Waals surface area contributed by atoms with Gasteiger partial charge in [0.15, 0.2) is 5.75 Å². The summed E-state index contributed by atoms with van der Waals surface area (Å²) in [6.07, 6.45) is 5.97. The Labute approximate surface area is 166 Å². The van der Waals surface area contributed by atoms with Crippen molar-refractivity contribution in [3.63, 3.8) is 0 Å². The molecule has 0 fully saturated rings. The van der Waals surface area contributed by atoms with E-state index in [1.807, 2.05) is 24.3 Å². The van der Waals surface area contributed by atoms with Crippen LogP contribution in [0.25, 0.3) is 23.1 Å². The normalized spacial score (nSPS) is 11.2. The fraction of sp³-hybridized carbons (Fsp3) is 0.190. The van der Waals surface area contributed by atoms with E-state index in [2.05, 4.69) is 51.9 Å². The number of fused-ring (bicyclic) bond motifs is 1. The Hall–Kier alpha value is -2.12. The highest BCUT2D eigenvalue weighted by Gasteiger charge is 2.11. The van der Waals surface area contributed by atoms with Crippen LogP contribution in [0.4, 0.5) is 0 Å². The molecule has 0 saturated carbocycles. The molecule has 0 spiro atoms. The number of hydrogen-bond donors (Lipinski definition) is 0. The van der Waals surface area contributed by atoms with Crippen LogP contribution in [-0.2, 0) is 11.3 Å². The molecule has 134 valence electrons. The van der Waals surface area contributed by atoms with Crippen LogP contribution in [0.15, 0.2) is 42.6 Å². The number of methoxy groups -OCH3 is 3. The highest BCUT2D eigenvalue weighted by molar-refractivity contribution is 14.1. The number of rotatable bonds is 6. The van der Waals surface area contributed by atoms with Gasteiger partial charge in [-0.1, -0.05) is 24.3 Å².